The molecule has 7 nitrogen and oxygen atoms in total. The summed E-state index contributed by atoms with van der Waals surface area (Å²) in [7, 11) is -3.89. The summed E-state index contributed by atoms with van der Waals surface area (Å²) in [5.74, 6) is -1.06. The van der Waals surface area contributed by atoms with Crippen LogP contribution in [0.15, 0.2) is 53.4 Å². The van der Waals surface area contributed by atoms with Crippen LogP contribution in [0.3, 0.4) is 0 Å². The highest BCUT2D eigenvalue weighted by Gasteiger charge is 2.27. The molecule has 2 aromatic carbocycles. The first-order valence-electron chi connectivity index (χ1n) is 9.34. The van der Waals surface area contributed by atoms with E-state index in [1.54, 1.807) is 36.4 Å². The number of benzene rings is 2. The van der Waals surface area contributed by atoms with E-state index in [0.717, 1.165) is 11.1 Å². The van der Waals surface area contributed by atoms with Gasteiger partial charge in [-0.05, 0) is 50.5 Å². The molecule has 29 heavy (non-hydrogen) atoms. The van der Waals surface area contributed by atoms with Crippen LogP contribution in [-0.4, -0.2) is 26.3 Å². The Labute approximate surface area is 171 Å². The molecule has 0 radical (unpaired) electrons. The van der Waals surface area contributed by atoms with Crippen molar-refractivity contribution in [1.29, 1.82) is 0 Å². The molecular weight excluding hydrogens is 390 g/mol. The molecule has 2 rings (SSSR count). The standard InChI is InChI=1S/C21H27N3O4S/c1-14(2)13-19(24-29(27,28)18-11-7-16(4)8-12-18)21(26)23-22-20(25)17-9-5-15(3)6-10-17/h5-12,14,19,24H,13H2,1-4H3,(H,22,25)(H,23,26)/t19-/m0/s1. The van der Waals surface area contributed by atoms with Crippen LogP contribution in [-0.2, 0) is 14.8 Å². The lowest BCUT2D eigenvalue weighted by Crippen LogP contribution is -2.52. The van der Waals surface area contributed by atoms with Crippen LogP contribution < -0.4 is 15.6 Å². The van der Waals surface area contributed by atoms with E-state index in [2.05, 4.69) is 15.6 Å². The highest BCUT2D eigenvalue weighted by molar-refractivity contribution is 7.89. The van der Waals surface area contributed by atoms with Gasteiger partial charge in [0.05, 0.1) is 4.90 Å². The number of hydrogen-bond donors (Lipinski definition) is 3. The van der Waals surface area contributed by atoms with Gasteiger partial charge in [0.15, 0.2) is 0 Å². The van der Waals surface area contributed by atoms with Crippen LogP contribution in [0.4, 0.5) is 0 Å². The summed E-state index contributed by atoms with van der Waals surface area (Å²) in [6.07, 6.45) is 0.275. The third kappa shape index (κ3) is 6.69. The molecule has 0 aliphatic carbocycles. The summed E-state index contributed by atoms with van der Waals surface area (Å²) in [4.78, 5) is 24.8. The van der Waals surface area contributed by atoms with Crippen molar-refractivity contribution in [1.82, 2.24) is 15.6 Å². The predicted octanol–water partition coefficient (Wildman–Crippen LogP) is 2.46. The first kappa shape index (κ1) is 22.6. The summed E-state index contributed by atoms with van der Waals surface area (Å²) in [6, 6.07) is 12.2. The van der Waals surface area contributed by atoms with Gasteiger partial charge in [0.2, 0.25) is 10.0 Å². The molecule has 0 aromatic heterocycles. The van der Waals surface area contributed by atoms with Gasteiger partial charge in [0, 0.05) is 5.56 Å². The fraction of sp³-hybridized carbons (Fsp3) is 0.333. The van der Waals surface area contributed by atoms with Gasteiger partial charge in [-0.25, -0.2) is 8.42 Å². The number of hydrazine groups is 1. The smallest absolute Gasteiger partial charge is 0.269 e. The van der Waals surface area contributed by atoms with Crippen molar-refractivity contribution in [2.24, 2.45) is 5.92 Å². The van der Waals surface area contributed by atoms with E-state index in [9.17, 15) is 18.0 Å². The monoisotopic (exact) mass is 417 g/mol. The van der Waals surface area contributed by atoms with E-state index in [-0.39, 0.29) is 17.2 Å². The largest absolute Gasteiger partial charge is 0.271 e. The van der Waals surface area contributed by atoms with E-state index in [4.69, 9.17) is 0 Å². The second-order valence-electron chi connectivity index (χ2n) is 7.43. The van der Waals surface area contributed by atoms with Crippen LogP contribution in [0.1, 0.15) is 41.8 Å². The zero-order valence-corrected chi connectivity index (χ0v) is 17.8. The molecule has 2 aromatic rings. The lowest BCUT2D eigenvalue weighted by atomic mass is 10.0. The fourth-order valence-corrected chi connectivity index (χ4v) is 3.84. The van der Waals surface area contributed by atoms with E-state index >= 15 is 0 Å². The third-order valence-corrected chi connectivity index (χ3v) is 5.75. The molecule has 1 atom stereocenters. The molecule has 0 aliphatic heterocycles. The van der Waals surface area contributed by atoms with Crippen molar-refractivity contribution < 1.29 is 18.0 Å². The fourth-order valence-electron chi connectivity index (χ4n) is 2.64. The average molecular weight is 418 g/mol. The summed E-state index contributed by atoms with van der Waals surface area (Å²) in [5, 5.41) is 0. The molecule has 0 bridgehead atoms. The van der Waals surface area contributed by atoms with Gasteiger partial charge in [-0.2, -0.15) is 4.72 Å². The second kappa shape index (κ2) is 9.67. The Morgan fingerprint density at radius 1 is 0.862 bits per heavy atom. The Morgan fingerprint density at radius 3 is 1.90 bits per heavy atom. The van der Waals surface area contributed by atoms with Gasteiger partial charge in [-0.15, -0.1) is 0 Å². The Balaban J connectivity index is 2.08. The van der Waals surface area contributed by atoms with Crippen LogP contribution in [0, 0.1) is 19.8 Å². The maximum atomic E-state index is 12.7. The molecule has 156 valence electrons. The van der Waals surface area contributed by atoms with Gasteiger partial charge in [-0.3, -0.25) is 20.4 Å². The number of hydrogen-bond acceptors (Lipinski definition) is 4. The van der Waals surface area contributed by atoms with Crippen molar-refractivity contribution in [3.05, 3.63) is 65.2 Å². The summed E-state index contributed by atoms with van der Waals surface area (Å²) in [6.45, 7) is 7.52. The molecular formula is C21H27N3O4S. The Hall–Kier alpha value is -2.71. The number of carbonyl (C=O) groups is 2. The van der Waals surface area contributed by atoms with Gasteiger partial charge >= 0.3 is 0 Å². The third-order valence-electron chi connectivity index (χ3n) is 4.27. The second-order valence-corrected chi connectivity index (χ2v) is 9.14. The van der Waals surface area contributed by atoms with Crippen LogP contribution in [0.5, 0.6) is 0 Å². The first-order chi connectivity index (χ1) is 13.6. The summed E-state index contributed by atoms with van der Waals surface area (Å²) >= 11 is 0. The lowest BCUT2D eigenvalue weighted by molar-refractivity contribution is -0.123. The molecule has 0 fully saturated rings. The molecule has 8 heteroatoms. The number of rotatable bonds is 7. The number of sulfonamides is 1. The number of amides is 2. The van der Waals surface area contributed by atoms with Crippen LogP contribution in [0.25, 0.3) is 0 Å². The summed E-state index contributed by atoms with van der Waals surface area (Å²) < 4.78 is 27.7. The topological polar surface area (TPSA) is 104 Å². The molecule has 3 N–H and O–H groups in total. The predicted molar refractivity (Wildman–Crippen MR) is 112 cm³/mol. The SMILES string of the molecule is Cc1ccc(C(=O)NNC(=O)[C@H](CC(C)C)NS(=O)(=O)c2ccc(C)cc2)cc1. The molecule has 0 unspecified atom stereocenters. The van der Waals surface area contributed by atoms with Crippen molar-refractivity contribution >= 4 is 21.8 Å². The number of aryl methyl sites for hydroxylation is 2. The van der Waals surface area contributed by atoms with Crippen LogP contribution in [0.2, 0.25) is 0 Å². The average Bonchev–Trinajstić information content (AvgIpc) is 2.65. The highest BCUT2D eigenvalue weighted by atomic mass is 32.2. The normalized spacial score (nSPS) is 12.4. The van der Waals surface area contributed by atoms with Gasteiger partial charge in [0.25, 0.3) is 11.8 Å². The molecule has 0 saturated carbocycles. The maximum absolute atomic E-state index is 12.7. The highest BCUT2D eigenvalue weighted by Crippen LogP contribution is 2.13. The van der Waals surface area contributed by atoms with E-state index in [0.29, 0.717) is 5.56 Å². The van der Waals surface area contributed by atoms with Crippen LogP contribution >= 0.6 is 0 Å². The van der Waals surface area contributed by atoms with Gasteiger partial charge < -0.3 is 0 Å². The van der Waals surface area contributed by atoms with Crippen molar-refractivity contribution in [2.45, 2.75) is 45.1 Å². The van der Waals surface area contributed by atoms with Gasteiger partial charge in [-0.1, -0.05) is 49.2 Å². The minimum Gasteiger partial charge on any atom is -0.271 e. The van der Waals surface area contributed by atoms with E-state index in [1.807, 2.05) is 27.7 Å². The van der Waals surface area contributed by atoms with Crippen molar-refractivity contribution in [2.75, 3.05) is 0 Å². The molecule has 2 amide bonds. The van der Waals surface area contributed by atoms with E-state index in [1.165, 1.54) is 12.1 Å². The Morgan fingerprint density at radius 2 is 1.38 bits per heavy atom. The zero-order chi connectivity index (χ0) is 21.6. The summed E-state index contributed by atoms with van der Waals surface area (Å²) in [5.41, 5.74) is 6.97. The Bertz CT molecular complexity index is 952. The van der Waals surface area contributed by atoms with E-state index < -0.39 is 27.9 Å². The molecule has 0 aliphatic rings. The van der Waals surface area contributed by atoms with Crippen molar-refractivity contribution in [3.63, 3.8) is 0 Å². The zero-order valence-electron chi connectivity index (χ0n) is 17.0. The number of carbonyl (C=O) groups excluding carboxylic acids is 2. The quantitative estimate of drug-likeness (QED) is 0.602. The number of nitrogens with one attached hydrogen (secondary N) is 3. The first-order valence-corrected chi connectivity index (χ1v) is 10.8. The maximum Gasteiger partial charge on any atom is 0.269 e. The molecule has 0 saturated heterocycles. The minimum atomic E-state index is -3.89. The minimum absolute atomic E-state index is 0.0549. The molecule has 0 heterocycles. The lowest BCUT2D eigenvalue weighted by Gasteiger charge is -2.20. The Kier molecular flexibility index (Phi) is 7.53. The molecule has 0 spiro atoms. The van der Waals surface area contributed by atoms with Crippen molar-refractivity contribution in [3.8, 4) is 0 Å². The van der Waals surface area contributed by atoms with Gasteiger partial charge in [0.1, 0.15) is 6.04 Å².